The molecule has 2 heterocycles. The molecule has 3 N–H and O–H groups in total. The minimum absolute atomic E-state index is 0.427. The van der Waals surface area contributed by atoms with E-state index in [-0.39, 0.29) is 0 Å². The van der Waals surface area contributed by atoms with Crippen LogP contribution in [0.5, 0.6) is 0 Å². The Balaban J connectivity index is 1.72. The third kappa shape index (κ3) is 0.892. The van der Waals surface area contributed by atoms with Crippen LogP contribution < -0.4 is 10.6 Å². The van der Waals surface area contributed by atoms with Crippen molar-refractivity contribution in [2.45, 2.75) is 6.92 Å². The maximum absolute atomic E-state index is 5.78. The predicted octanol–water partition coefficient (Wildman–Crippen LogP) is 0.441. The summed E-state index contributed by atoms with van der Waals surface area (Å²) in [5, 5.41) is 6.98. The quantitative estimate of drug-likeness (QED) is 0.715. The van der Waals surface area contributed by atoms with Crippen molar-refractivity contribution in [1.82, 2.24) is 10.2 Å². The number of nitrogens with two attached hydrogens (primary N) is 1. The van der Waals surface area contributed by atoms with Crippen molar-refractivity contribution in [3.8, 4) is 0 Å². The molecule has 0 aromatic carbocycles. The Labute approximate surface area is 83.5 Å². The fourth-order valence-electron chi connectivity index (χ4n) is 2.91. The first-order valence-corrected chi connectivity index (χ1v) is 5.20. The van der Waals surface area contributed by atoms with Crippen LogP contribution in [0.15, 0.2) is 12.3 Å². The number of piperidine rings is 1. The molecule has 2 atom stereocenters. The Kier molecular flexibility index (Phi) is 1.49. The molecule has 0 amide bonds. The molecule has 14 heavy (non-hydrogen) atoms. The number of rotatable bonds is 2. The van der Waals surface area contributed by atoms with Crippen molar-refractivity contribution in [3.05, 3.63) is 12.3 Å². The summed E-state index contributed by atoms with van der Waals surface area (Å²) in [5.41, 5.74) is 6.21. The third-order valence-corrected chi connectivity index (χ3v) is 4.17. The number of nitrogens with one attached hydrogen (secondary N) is 1. The molecule has 2 aliphatic rings. The minimum Gasteiger partial charge on any atom is -0.356 e. The highest BCUT2D eigenvalue weighted by Crippen LogP contribution is 2.61. The zero-order valence-corrected chi connectivity index (χ0v) is 8.40. The number of aromatic amines is 1. The van der Waals surface area contributed by atoms with Gasteiger partial charge in [-0.3, -0.25) is 5.10 Å². The summed E-state index contributed by atoms with van der Waals surface area (Å²) in [4.78, 5) is 2.37. The lowest BCUT2D eigenvalue weighted by Gasteiger charge is -2.23. The number of nitrogens with zero attached hydrogens (tertiary/aromatic N) is 2. The molecule has 0 radical (unpaired) electrons. The van der Waals surface area contributed by atoms with Crippen LogP contribution in [0.25, 0.3) is 0 Å². The average Bonchev–Trinajstić information content (AvgIpc) is 2.77. The molecule has 1 aliphatic carbocycles. The van der Waals surface area contributed by atoms with Gasteiger partial charge in [0, 0.05) is 19.2 Å². The summed E-state index contributed by atoms with van der Waals surface area (Å²) < 4.78 is 0. The number of hydrogen-bond donors (Lipinski definition) is 2. The van der Waals surface area contributed by atoms with E-state index in [0.717, 1.165) is 37.3 Å². The molecular weight excluding hydrogens is 176 g/mol. The third-order valence-electron chi connectivity index (χ3n) is 4.17. The lowest BCUT2D eigenvalue weighted by molar-refractivity contribution is 0.461. The Morgan fingerprint density at radius 2 is 2.36 bits per heavy atom. The Morgan fingerprint density at radius 1 is 1.64 bits per heavy atom. The highest BCUT2D eigenvalue weighted by Gasteiger charge is 2.64. The number of fused-ring (bicyclic) bond motifs is 1. The van der Waals surface area contributed by atoms with Gasteiger partial charge in [-0.2, -0.15) is 5.10 Å². The standard InChI is InChI=1S/C10H16N4/c1-10(6-11)7-4-14(5-8(7)10)9-2-3-12-13-9/h2-3,7-8H,4-6,11H2,1H3,(H,12,13). The lowest BCUT2D eigenvalue weighted by atomic mass is 10.0. The van der Waals surface area contributed by atoms with Gasteiger partial charge in [0.05, 0.1) is 6.20 Å². The summed E-state index contributed by atoms with van der Waals surface area (Å²) in [7, 11) is 0. The summed E-state index contributed by atoms with van der Waals surface area (Å²) in [6, 6.07) is 2.03. The van der Waals surface area contributed by atoms with Gasteiger partial charge < -0.3 is 10.6 Å². The first-order chi connectivity index (χ1) is 6.75. The molecule has 4 nitrogen and oxygen atoms in total. The van der Waals surface area contributed by atoms with Gasteiger partial charge in [-0.15, -0.1) is 0 Å². The van der Waals surface area contributed by atoms with Gasteiger partial charge in [-0.25, -0.2) is 0 Å². The van der Waals surface area contributed by atoms with E-state index in [0.29, 0.717) is 5.41 Å². The van der Waals surface area contributed by atoms with Crippen LogP contribution in [0.2, 0.25) is 0 Å². The molecule has 1 saturated carbocycles. The van der Waals surface area contributed by atoms with Gasteiger partial charge in [-0.1, -0.05) is 6.92 Å². The van der Waals surface area contributed by atoms with Crippen LogP contribution in [0.3, 0.4) is 0 Å². The predicted molar refractivity (Wildman–Crippen MR) is 54.9 cm³/mol. The van der Waals surface area contributed by atoms with Crippen LogP contribution in [0, 0.1) is 17.3 Å². The molecular formula is C10H16N4. The van der Waals surface area contributed by atoms with E-state index >= 15 is 0 Å². The van der Waals surface area contributed by atoms with Gasteiger partial charge in [-0.05, 0) is 23.8 Å². The van der Waals surface area contributed by atoms with E-state index in [1.807, 2.05) is 6.07 Å². The van der Waals surface area contributed by atoms with E-state index in [1.165, 1.54) is 0 Å². The van der Waals surface area contributed by atoms with Gasteiger partial charge in [0.25, 0.3) is 0 Å². The first-order valence-electron chi connectivity index (χ1n) is 5.20. The van der Waals surface area contributed by atoms with E-state index in [9.17, 15) is 0 Å². The second kappa shape index (κ2) is 2.51. The molecule has 3 rings (SSSR count). The van der Waals surface area contributed by atoms with Crippen LogP contribution in [0.1, 0.15) is 6.92 Å². The van der Waals surface area contributed by atoms with Gasteiger partial charge in [0.1, 0.15) is 5.82 Å². The molecule has 0 spiro atoms. The van der Waals surface area contributed by atoms with E-state index in [2.05, 4.69) is 22.0 Å². The Bertz CT molecular complexity index is 320. The highest BCUT2D eigenvalue weighted by atomic mass is 15.3. The first kappa shape index (κ1) is 8.29. The number of aromatic nitrogens is 2. The molecule has 76 valence electrons. The summed E-state index contributed by atoms with van der Waals surface area (Å²) in [5.74, 6) is 2.75. The Hall–Kier alpha value is -1.03. The highest BCUT2D eigenvalue weighted by molar-refractivity contribution is 5.42. The average molecular weight is 192 g/mol. The summed E-state index contributed by atoms with van der Waals surface area (Å²) in [6.45, 7) is 5.42. The molecule has 1 saturated heterocycles. The maximum Gasteiger partial charge on any atom is 0.123 e. The number of anilines is 1. The molecule has 2 fully saturated rings. The molecule has 1 aliphatic heterocycles. The fraction of sp³-hybridized carbons (Fsp3) is 0.700. The van der Waals surface area contributed by atoms with Crippen molar-refractivity contribution in [1.29, 1.82) is 0 Å². The largest absolute Gasteiger partial charge is 0.356 e. The SMILES string of the molecule is CC1(CN)C2CN(c3ccn[nH]3)CC21. The topological polar surface area (TPSA) is 57.9 Å². The van der Waals surface area contributed by atoms with E-state index in [1.54, 1.807) is 6.20 Å². The van der Waals surface area contributed by atoms with Gasteiger partial charge in [0.15, 0.2) is 0 Å². The van der Waals surface area contributed by atoms with Crippen LogP contribution in [-0.4, -0.2) is 29.8 Å². The van der Waals surface area contributed by atoms with E-state index < -0.39 is 0 Å². The number of hydrogen-bond acceptors (Lipinski definition) is 3. The minimum atomic E-state index is 0.427. The van der Waals surface area contributed by atoms with E-state index in [4.69, 9.17) is 5.73 Å². The monoisotopic (exact) mass is 192 g/mol. The zero-order chi connectivity index (χ0) is 9.76. The van der Waals surface area contributed by atoms with Crippen molar-refractivity contribution in [2.75, 3.05) is 24.5 Å². The van der Waals surface area contributed by atoms with Gasteiger partial charge in [0.2, 0.25) is 0 Å². The lowest BCUT2D eigenvalue weighted by Crippen LogP contribution is -2.30. The van der Waals surface area contributed by atoms with Crippen molar-refractivity contribution >= 4 is 5.82 Å². The molecule has 4 heteroatoms. The Morgan fingerprint density at radius 3 is 2.86 bits per heavy atom. The molecule has 0 bridgehead atoms. The van der Waals surface area contributed by atoms with Crippen LogP contribution >= 0.6 is 0 Å². The van der Waals surface area contributed by atoms with Crippen molar-refractivity contribution in [3.63, 3.8) is 0 Å². The number of H-pyrrole nitrogens is 1. The molecule has 1 aromatic rings. The zero-order valence-electron chi connectivity index (χ0n) is 8.40. The molecule has 1 aromatic heterocycles. The summed E-state index contributed by atoms with van der Waals surface area (Å²) in [6.07, 6.45) is 1.81. The molecule has 2 unspecified atom stereocenters. The van der Waals surface area contributed by atoms with Gasteiger partial charge >= 0.3 is 0 Å². The van der Waals surface area contributed by atoms with Crippen molar-refractivity contribution < 1.29 is 0 Å². The van der Waals surface area contributed by atoms with Crippen LogP contribution in [0.4, 0.5) is 5.82 Å². The second-order valence-corrected chi connectivity index (χ2v) is 4.77. The fourth-order valence-corrected chi connectivity index (χ4v) is 2.91. The maximum atomic E-state index is 5.78. The van der Waals surface area contributed by atoms with Crippen LogP contribution in [-0.2, 0) is 0 Å². The second-order valence-electron chi connectivity index (χ2n) is 4.77. The van der Waals surface area contributed by atoms with Crippen molar-refractivity contribution in [2.24, 2.45) is 23.0 Å². The summed E-state index contributed by atoms with van der Waals surface area (Å²) >= 11 is 0. The normalized spacial score (nSPS) is 40.0. The smallest absolute Gasteiger partial charge is 0.123 e.